The molecule has 1 heterocycles. The zero-order valence-electron chi connectivity index (χ0n) is 11.9. The first-order valence-corrected chi connectivity index (χ1v) is 6.62. The Morgan fingerprint density at radius 2 is 1.91 bits per heavy atom. The molecule has 0 unspecified atom stereocenters. The average Bonchev–Trinajstić information content (AvgIpc) is 2.55. The highest BCUT2D eigenvalue weighted by Crippen LogP contribution is 2.30. The molecule has 0 aliphatic heterocycles. The van der Waals surface area contributed by atoms with Crippen molar-refractivity contribution in [1.82, 2.24) is 9.97 Å². The number of hydrogen-bond donors (Lipinski definition) is 1. The van der Waals surface area contributed by atoms with Crippen LogP contribution in [0.4, 0.5) is 5.82 Å². The fraction of sp³-hybridized carbons (Fsp3) is 0.0625. The monoisotopic (exact) mass is 294 g/mol. The predicted molar refractivity (Wildman–Crippen MR) is 85.1 cm³/mol. The number of nitrogens with zero attached hydrogens (tertiary/aromatic N) is 3. The second-order valence-corrected chi connectivity index (χ2v) is 4.47. The summed E-state index contributed by atoms with van der Waals surface area (Å²) in [5.74, 6) is 1.28. The fourth-order valence-electron chi connectivity index (χ4n) is 2.09. The quantitative estimate of drug-likeness (QED) is 0.591. The van der Waals surface area contributed by atoms with Gasteiger partial charge >= 0.3 is 0 Å². The summed E-state index contributed by atoms with van der Waals surface area (Å²) >= 11 is 0. The standard InChI is InChI=1S/C16H14N4O2/c1-21-20-9-13-15(17)18-10-19-16(13)22-14-8-4-6-11-5-2-3-7-12(11)14/h2-10H,1H3,(H2,17,18,19)/b20-9+. The van der Waals surface area contributed by atoms with Gasteiger partial charge in [-0.3, -0.25) is 0 Å². The Morgan fingerprint density at radius 3 is 2.77 bits per heavy atom. The summed E-state index contributed by atoms with van der Waals surface area (Å²) < 4.78 is 5.92. The number of fused-ring (bicyclic) bond motifs is 1. The summed E-state index contributed by atoms with van der Waals surface area (Å²) in [6, 6.07) is 13.7. The molecule has 0 fully saturated rings. The van der Waals surface area contributed by atoms with E-state index < -0.39 is 0 Å². The molecule has 0 aliphatic carbocycles. The predicted octanol–water partition coefficient (Wildman–Crippen LogP) is 2.98. The van der Waals surface area contributed by atoms with Crippen LogP contribution in [0.3, 0.4) is 0 Å². The summed E-state index contributed by atoms with van der Waals surface area (Å²) in [5.41, 5.74) is 6.32. The van der Waals surface area contributed by atoms with Crippen LogP contribution in [-0.4, -0.2) is 23.3 Å². The van der Waals surface area contributed by atoms with Gasteiger partial charge < -0.3 is 15.3 Å². The van der Waals surface area contributed by atoms with Gasteiger partial charge in [-0.2, -0.15) is 0 Å². The van der Waals surface area contributed by atoms with Crippen molar-refractivity contribution in [2.45, 2.75) is 0 Å². The Kier molecular flexibility index (Phi) is 3.82. The van der Waals surface area contributed by atoms with Crippen molar-refractivity contribution in [3.8, 4) is 11.6 Å². The molecular formula is C16H14N4O2. The van der Waals surface area contributed by atoms with Gasteiger partial charge in [-0.25, -0.2) is 9.97 Å². The number of nitrogen functional groups attached to an aromatic ring is 1. The zero-order valence-corrected chi connectivity index (χ0v) is 11.9. The van der Waals surface area contributed by atoms with E-state index in [9.17, 15) is 0 Å². The highest BCUT2D eigenvalue weighted by atomic mass is 16.6. The lowest BCUT2D eigenvalue weighted by Crippen LogP contribution is -2.02. The normalized spacial score (nSPS) is 11.0. The molecular weight excluding hydrogens is 280 g/mol. The molecule has 0 aliphatic rings. The SMILES string of the molecule is CO/N=C/c1c(N)ncnc1Oc1cccc2ccccc12. The summed E-state index contributed by atoms with van der Waals surface area (Å²) in [6.45, 7) is 0. The maximum atomic E-state index is 5.92. The van der Waals surface area contributed by atoms with E-state index in [4.69, 9.17) is 10.5 Å². The average molecular weight is 294 g/mol. The zero-order chi connectivity index (χ0) is 15.4. The van der Waals surface area contributed by atoms with Gasteiger partial charge in [-0.1, -0.05) is 41.6 Å². The summed E-state index contributed by atoms with van der Waals surface area (Å²) in [6.07, 6.45) is 2.77. The lowest BCUT2D eigenvalue weighted by molar-refractivity contribution is 0.215. The van der Waals surface area contributed by atoms with Gasteiger partial charge in [0.1, 0.15) is 30.6 Å². The highest BCUT2D eigenvalue weighted by Gasteiger charge is 2.11. The van der Waals surface area contributed by atoms with Crippen LogP contribution in [0.15, 0.2) is 53.9 Å². The molecule has 6 nitrogen and oxygen atoms in total. The molecule has 2 aromatic carbocycles. The lowest BCUT2D eigenvalue weighted by Gasteiger charge is -2.10. The second kappa shape index (κ2) is 6.09. The number of hydrogen-bond acceptors (Lipinski definition) is 6. The Morgan fingerprint density at radius 1 is 1.09 bits per heavy atom. The van der Waals surface area contributed by atoms with E-state index >= 15 is 0 Å². The van der Waals surface area contributed by atoms with Crippen LogP contribution in [0.1, 0.15) is 5.56 Å². The van der Waals surface area contributed by atoms with Crippen LogP contribution in [0, 0.1) is 0 Å². The molecule has 1 aromatic heterocycles. The molecule has 22 heavy (non-hydrogen) atoms. The van der Waals surface area contributed by atoms with Crippen LogP contribution in [0.25, 0.3) is 10.8 Å². The number of rotatable bonds is 4. The molecule has 110 valence electrons. The highest BCUT2D eigenvalue weighted by molar-refractivity contribution is 5.90. The number of ether oxygens (including phenoxy) is 1. The van der Waals surface area contributed by atoms with E-state index in [-0.39, 0.29) is 5.82 Å². The Labute approximate surface area is 127 Å². The molecule has 0 radical (unpaired) electrons. The number of nitrogens with two attached hydrogens (primary N) is 1. The van der Waals surface area contributed by atoms with E-state index in [0.717, 1.165) is 10.8 Å². The van der Waals surface area contributed by atoms with Crippen LogP contribution >= 0.6 is 0 Å². The topological polar surface area (TPSA) is 82.6 Å². The Balaban J connectivity index is 2.06. The summed E-state index contributed by atoms with van der Waals surface area (Å²) in [4.78, 5) is 12.7. The maximum Gasteiger partial charge on any atom is 0.233 e. The van der Waals surface area contributed by atoms with Gasteiger partial charge in [0.05, 0.1) is 6.21 Å². The molecule has 0 saturated heterocycles. The van der Waals surface area contributed by atoms with E-state index in [1.165, 1.54) is 19.7 Å². The first-order valence-electron chi connectivity index (χ1n) is 6.62. The smallest absolute Gasteiger partial charge is 0.233 e. The Bertz CT molecular complexity index is 828. The summed E-state index contributed by atoms with van der Waals surface area (Å²) in [5, 5.41) is 5.76. The number of anilines is 1. The first kappa shape index (κ1) is 13.8. The molecule has 0 amide bonds. The fourth-order valence-corrected chi connectivity index (χ4v) is 2.09. The van der Waals surface area contributed by atoms with Crippen molar-refractivity contribution >= 4 is 22.8 Å². The van der Waals surface area contributed by atoms with Crippen molar-refractivity contribution in [1.29, 1.82) is 0 Å². The Hall–Kier alpha value is -3.15. The van der Waals surface area contributed by atoms with Gasteiger partial charge in [-0.15, -0.1) is 0 Å². The molecule has 0 saturated carbocycles. The van der Waals surface area contributed by atoms with Crippen LogP contribution < -0.4 is 10.5 Å². The lowest BCUT2D eigenvalue weighted by atomic mass is 10.1. The van der Waals surface area contributed by atoms with Gasteiger partial charge in [-0.05, 0) is 11.5 Å². The third-order valence-corrected chi connectivity index (χ3v) is 3.12. The number of aromatic nitrogens is 2. The first-order chi connectivity index (χ1) is 10.8. The van der Waals surface area contributed by atoms with Crippen LogP contribution in [-0.2, 0) is 4.84 Å². The molecule has 3 aromatic rings. The van der Waals surface area contributed by atoms with Crippen molar-refractivity contribution < 1.29 is 9.57 Å². The third-order valence-electron chi connectivity index (χ3n) is 3.12. The van der Waals surface area contributed by atoms with Crippen molar-refractivity contribution in [2.24, 2.45) is 5.16 Å². The van der Waals surface area contributed by atoms with Gasteiger partial charge in [0.2, 0.25) is 5.88 Å². The third kappa shape index (κ3) is 2.67. The largest absolute Gasteiger partial charge is 0.437 e. The summed E-state index contributed by atoms with van der Waals surface area (Å²) in [7, 11) is 1.45. The van der Waals surface area contributed by atoms with Crippen LogP contribution in [0.2, 0.25) is 0 Å². The minimum atomic E-state index is 0.269. The van der Waals surface area contributed by atoms with E-state index in [0.29, 0.717) is 17.2 Å². The minimum absolute atomic E-state index is 0.269. The van der Waals surface area contributed by atoms with Gasteiger partial charge in [0.25, 0.3) is 0 Å². The number of oxime groups is 1. The second-order valence-electron chi connectivity index (χ2n) is 4.47. The number of benzene rings is 2. The minimum Gasteiger partial charge on any atom is -0.437 e. The maximum absolute atomic E-state index is 5.92. The van der Waals surface area contributed by atoms with Crippen molar-refractivity contribution in [2.75, 3.05) is 12.8 Å². The van der Waals surface area contributed by atoms with Crippen molar-refractivity contribution in [3.05, 3.63) is 54.4 Å². The molecule has 0 spiro atoms. The van der Waals surface area contributed by atoms with Gasteiger partial charge in [0.15, 0.2) is 0 Å². The molecule has 0 atom stereocenters. The molecule has 3 rings (SSSR count). The van der Waals surface area contributed by atoms with Gasteiger partial charge in [0, 0.05) is 5.39 Å². The molecule has 0 bridgehead atoms. The molecule has 2 N–H and O–H groups in total. The van der Waals surface area contributed by atoms with Crippen molar-refractivity contribution in [3.63, 3.8) is 0 Å². The van der Waals surface area contributed by atoms with E-state index in [1.807, 2.05) is 42.5 Å². The van der Waals surface area contributed by atoms with E-state index in [2.05, 4.69) is 20.0 Å². The molecule has 6 heteroatoms. The van der Waals surface area contributed by atoms with Crippen LogP contribution in [0.5, 0.6) is 11.6 Å². The van der Waals surface area contributed by atoms with E-state index in [1.54, 1.807) is 0 Å².